The zero-order valence-electron chi connectivity index (χ0n) is 12.5. The van der Waals surface area contributed by atoms with Gasteiger partial charge in [-0.1, -0.05) is 13.3 Å². The first-order valence-corrected chi connectivity index (χ1v) is 8.63. The minimum Gasteiger partial charge on any atom is -0.491 e. The summed E-state index contributed by atoms with van der Waals surface area (Å²) in [7, 11) is -3.54. The molecule has 0 N–H and O–H groups in total. The topological polar surface area (TPSA) is 69.7 Å². The van der Waals surface area contributed by atoms with E-state index in [9.17, 15) is 13.2 Å². The van der Waals surface area contributed by atoms with E-state index < -0.39 is 15.6 Å². The Morgan fingerprint density at radius 2 is 1.76 bits per heavy atom. The molecule has 1 rings (SSSR count). The summed E-state index contributed by atoms with van der Waals surface area (Å²) in [6.45, 7) is 5.00. The molecule has 0 aliphatic carbocycles. The zero-order chi connectivity index (χ0) is 15.7. The fourth-order valence-electron chi connectivity index (χ4n) is 1.66. The number of ether oxygens (including phenoxy) is 2. The van der Waals surface area contributed by atoms with Crippen LogP contribution in [0.4, 0.5) is 0 Å². The first kappa shape index (κ1) is 17.7. The molecule has 21 heavy (non-hydrogen) atoms. The van der Waals surface area contributed by atoms with Crippen LogP contribution >= 0.6 is 0 Å². The number of carbonyl (C=O) groups is 1. The van der Waals surface area contributed by atoms with Gasteiger partial charge < -0.3 is 9.47 Å². The number of carbonyl (C=O) groups excluding carboxylic acids is 1. The molecule has 0 aliphatic heterocycles. The van der Waals surface area contributed by atoms with Gasteiger partial charge >= 0.3 is 0 Å². The van der Waals surface area contributed by atoms with Crippen molar-refractivity contribution in [3.63, 3.8) is 0 Å². The van der Waals surface area contributed by atoms with Gasteiger partial charge in [-0.25, -0.2) is 8.42 Å². The van der Waals surface area contributed by atoms with Crippen molar-refractivity contribution in [3.05, 3.63) is 24.3 Å². The maximum atomic E-state index is 11.8. The summed E-state index contributed by atoms with van der Waals surface area (Å²) >= 11 is 0. The number of ketones is 1. The van der Waals surface area contributed by atoms with Gasteiger partial charge in [-0.2, -0.15) is 0 Å². The summed E-state index contributed by atoms with van der Waals surface area (Å²) in [5.74, 6) is -0.270. The smallest absolute Gasteiger partial charge is 0.185 e. The lowest BCUT2D eigenvalue weighted by Crippen LogP contribution is -2.13. The molecule has 0 amide bonds. The number of rotatable bonds is 10. The summed E-state index contributed by atoms with van der Waals surface area (Å²) in [6.07, 6.45) is 2.12. The third kappa shape index (κ3) is 6.73. The van der Waals surface area contributed by atoms with Crippen LogP contribution in [0.2, 0.25) is 0 Å². The van der Waals surface area contributed by atoms with Crippen molar-refractivity contribution < 1.29 is 22.7 Å². The lowest BCUT2D eigenvalue weighted by molar-refractivity contribution is -0.114. The van der Waals surface area contributed by atoms with Crippen molar-refractivity contribution in [2.45, 2.75) is 31.6 Å². The van der Waals surface area contributed by atoms with E-state index in [0.29, 0.717) is 19.0 Å². The number of benzene rings is 1. The molecule has 0 unspecified atom stereocenters. The van der Waals surface area contributed by atoms with Crippen LogP contribution in [0, 0.1) is 0 Å². The van der Waals surface area contributed by atoms with Crippen LogP contribution in [0.25, 0.3) is 0 Å². The third-order valence-corrected chi connectivity index (χ3v) is 4.49. The number of hydrogen-bond acceptors (Lipinski definition) is 5. The highest BCUT2D eigenvalue weighted by molar-refractivity contribution is 7.92. The molecule has 0 radical (unpaired) electrons. The van der Waals surface area contributed by atoms with Crippen LogP contribution in [0.1, 0.15) is 26.7 Å². The first-order valence-electron chi connectivity index (χ1n) is 6.98. The second-order valence-corrected chi connectivity index (χ2v) is 6.74. The molecule has 0 saturated carbocycles. The second kappa shape index (κ2) is 8.79. The van der Waals surface area contributed by atoms with Gasteiger partial charge in [0.2, 0.25) is 0 Å². The van der Waals surface area contributed by atoms with Gasteiger partial charge in [-0.05, 0) is 37.6 Å². The van der Waals surface area contributed by atoms with E-state index >= 15 is 0 Å². The van der Waals surface area contributed by atoms with Crippen molar-refractivity contribution in [2.75, 3.05) is 25.6 Å². The molecule has 1 aromatic rings. The van der Waals surface area contributed by atoms with Crippen molar-refractivity contribution >= 4 is 15.6 Å². The Morgan fingerprint density at radius 1 is 1.10 bits per heavy atom. The molecule has 0 spiro atoms. The standard InChI is InChI=1S/C15H22O5S/c1-3-4-9-19-10-11-20-14-5-7-15(8-6-14)21(17,18)12-13(2)16/h5-8H,3-4,9-12H2,1-2H3. The van der Waals surface area contributed by atoms with Crippen molar-refractivity contribution in [1.82, 2.24) is 0 Å². The zero-order valence-corrected chi connectivity index (χ0v) is 13.3. The fourth-order valence-corrected chi connectivity index (χ4v) is 2.91. The molecule has 0 heterocycles. The van der Waals surface area contributed by atoms with Gasteiger partial charge in [0.25, 0.3) is 0 Å². The normalized spacial score (nSPS) is 11.3. The van der Waals surface area contributed by atoms with E-state index in [1.165, 1.54) is 19.1 Å². The van der Waals surface area contributed by atoms with Crippen LogP contribution < -0.4 is 4.74 Å². The number of hydrogen-bond donors (Lipinski definition) is 0. The van der Waals surface area contributed by atoms with Crippen molar-refractivity contribution in [2.24, 2.45) is 0 Å². The highest BCUT2D eigenvalue weighted by Gasteiger charge is 2.16. The van der Waals surface area contributed by atoms with Gasteiger partial charge in [0.05, 0.1) is 11.5 Å². The first-order chi connectivity index (χ1) is 9.95. The van der Waals surface area contributed by atoms with E-state index in [-0.39, 0.29) is 10.7 Å². The minimum absolute atomic E-state index is 0.129. The summed E-state index contributed by atoms with van der Waals surface area (Å²) in [6, 6.07) is 6.06. The van der Waals surface area contributed by atoms with E-state index in [0.717, 1.165) is 19.4 Å². The van der Waals surface area contributed by atoms with Crippen LogP contribution in [0.3, 0.4) is 0 Å². The summed E-state index contributed by atoms with van der Waals surface area (Å²) in [5, 5.41) is 0. The van der Waals surface area contributed by atoms with Gasteiger partial charge in [0, 0.05) is 6.61 Å². The Kier molecular flexibility index (Phi) is 7.39. The highest BCUT2D eigenvalue weighted by atomic mass is 32.2. The Bertz CT molecular complexity index is 534. The maximum Gasteiger partial charge on any atom is 0.185 e. The fraction of sp³-hybridized carbons (Fsp3) is 0.533. The largest absolute Gasteiger partial charge is 0.491 e. The molecule has 0 atom stereocenters. The minimum atomic E-state index is -3.54. The SMILES string of the molecule is CCCCOCCOc1ccc(S(=O)(=O)CC(C)=O)cc1. The predicted octanol–water partition coefficient (Wildman–Crippen LogP) is 2.24. The molecule has 1 aromatic carbocycles. The number of unbranched alkanes of at least 4 members (excludes halogenated alkanes) is 1. The summed E-state index contributed by atoms with van der Waals surface area (Å²) < 4.78 is 34.5. The van der Waals surface area contributed by atoms with Crippen LogP contribution in [-0.2, 0) is 19.4 Å². The molecular formula is C15H22O5S. The quantitative estimate of drug-likeness (QED) is 0.620. The van der Waals surface area contributed by atoms with Crippen molar-refractivity contribution in [3.8, 4) is 5.75 Å². The average molecular weight is 314 g/mol. The summed E-state index contributed by atoms with van der Waals surface area (Å²) in [5.41, 5.74) is 0. The lowest BCUT2D eigenvalue weighted by atomic mass is 10.3. The second-order valence-electron chi connectivity index (χ2n) is 4.75. The van der Waals surface area contributed by atoms with E-state index in [1.807, 2.05) is 0 Å². The predicted molar refractivity (Wildman–Crippen MR) is 80.4 cm³/mol. The van der Waals surface area contributed by atoms with Crippen LogP contribution in [0.5, 0.6) is 5.75 Å². The Balaban J connectivity index is 2.45. The third-order valence-electron chi connectivity index (χ3n) is 2.71. The molecule has 118 valence electrons. The Labute approximate surface area is 126 Å². The number of Topliss-reactive ketones (excluding diaryl/α,β-unsaturated/α-hetero) is 1. The maximum absolute atomic E-state index is 11.8. The molecule has 0 aliphatic rings. The monoisotopic (exact) mass is 314 g/mol. The molecular weight excluding hydrogens is 292 g/mol. The van der Waals surface area contributed by atoms with Crippen molar-refractivity contribution in [1.29, 1.82) is 0 Å². The summed E-state index contributed by atoms with van der Waals surface area (Å²) in [4.78, 5) is 11.1. The van der Waals surface area contributed by atoms with Crippen LogP contribution in [-0.4, -0.2) is 39.8 Å². The van der Waals surface area contributed by atoms with Gasteiger partial charge in [0.1, 0.15) is 23.9 Å². The molecule has 0 fully saturated rings. The van der Waals surface area contributed by atoms with Crippen LogP contribution in [0.15, 0.2) is 29.2 Å². The molecule has 0 saturated heterocycles. The molecule has 6 heteroatoms. The lowest BCUT2D eigenvalue weighted by Gasteiger charge is -2.08. The molecule has 0 aromatic heterocycles. The Hall–Kier alpha value is -1.40. The van der Waals surface area contributed by atoms with Gasteiger partial charge in [0.15, 0.2) is 9.84 Å². The van der Waals surface area contributed by atoms with Gasteiger partial charge in [-0.15, -0.1) is 0 Å². The van der Waals surface area contributed by atoms with E-state index in [4.69, 9.17) is 9.47 Å². The molecule has 5 nitrogen and oxygen atoms in total. The number of sulfone groups is 1. The average Bonchev–Trinajstić information content (AvgIpc) is 2.42. The van der Waals surface area contributed by atoms with Gasteiger partial charge in [-0.3, -0.25) is 4.79 Å². The van der Waals surface area contributed by atoms with E-state index in [2.05, 4.69) is 6.92 Å². The Morgan fingerprint density at radius 3 is 2.33 bits per heavy atom. The highest BCUT2D eigenvalue weighted by Crippen LogP contribution is 2.17. The van der Waals surface area contributed by atoms with E-state index in [1.54, 1.807) is 12.1 Å². The molecule has 0 bridgehead atoms.